The van der Waals surface area contributed by atoms with Crippen LogP contribution in [0.4, 0.5) is 0 Å². The number of hydrogen-bond acceptors (Lipinski definition) is 7. The van der Waals surface area contributed by atoms with Crippen LogP contribution in [-0.2, 0) is 33.2 Å². The van der Waals surface area contributed by atoms with E-state index in [9.17, 15) is 0 Å². The zero-order valence-corrected chi connectivity index (χ0v) is 24.8. The van der Waals surface area contributed by atoms with E-state index >= 15 is 0 Å². The van der Waals surface area contributed by atoms with Gasteiger partial charge < -0.3 is 33.2 Å². The molecule has 2 atom stereocenters. The van der Waals surface area contributed by atoms with E-state index in [1.165, 1.54) is 0 Å². The molecule has 0 aliphatic rings. The summed E-state index contributed by atoms with van der Waals surface area (Å²) in [7, 11) is 0. The van der Waals surface area contributed by atoms with Gasteiger partial charge in [0, 0.05) is 39.6 Å². The second-order valence-corrected chi connectivity index (χ2v) is 8.72. The molecule has 7 heteroatoms. The first kappa shape index (κ1) is 36.2. The predicted octanol–water partition coefficient (Wildman–Crippen LogP) is 7.54. The fraction of sp³-hybridized carbons (Fsp3) is 0.867. The zero-order valence-electron chi connectivity index (χ0n) is 24.8. The van der Waals surface area contributed by atoms with Crippen LogP contribution >= 0.6 is 0 Å². The molecule has 0 aromatic rings. The van der Waals surface area contributed by atoms with Gasteiger partial charge in [-0.15, -0.1) is 0 Å². The third kappa shape index (κ3) is 22.9. The van der Waals surface area contributed by atoms with Crippen LogP contribution in [0.25, 0.3) is 0 Å². The highest BCUT2D eigenvalue weighted by Gasteiger charge is 2.13. The number of rotatable bonds is 28. The quantitative estimate of drug-likeness (QED) is 0.0588. The van der Waals surface area contributed by atoms with Crippen LogP contribution in [0.5, 0.6) is 0 Å². The maximum absolute atomic E-state index is 6.17. The molecular weight excluding hydrogens is 472 g/mol. The van der Waals surface area contributed by atoms with Crippen molar-refractivity contribution in [2.75, 3.05) is 39.6 Å². The van der Waals surface area contributed by atoms with Crippen molar-refractivity contribution in [2.45, 2.75) is 131 Å². The maximum Gasteiger partial charge on any atom is 0.180 e. The Kier molecular flexibility index (Phi) is 27.6. The second kappa shape index (κ2) is 28.2. The van der Waals surface area contributed by atoms with Crippen LogP contribution in [0.1, 0.15) is 106 Å². The number of unbranched alkanes of at least 4 members (excludes halogenated alkanes) is 4. The molecule has 37 heavy (non-hydrogen) atoms. The van der Waals surface area contributed by atoms with Crippen LogP contribution < -0.4 is 0 Å². The highest BCUT2D eigenvalue weighted by atomic mass is 16.8. The van der Waals surface area contributed by atoms with E-state index in [4.69, 9.17) is 33.2 Å². The van der Waals surface area contributed by atoms with Crippen molar-refractivity contribution in [1.29, 1.82) is 0 Å². The van der Waals surface area contributed by atoms with Crippen molar-refractivity contribution >= 4 is 0 Å². The summed E-state index contributed by atoms with van der Waals surface area (Å²) in [5.74, 6) is 0. The fourth-order valence-electron chi connectivity index (χ4n) is 3.61. The minimum Gasteiger partial charge on any atom is -0.353 e. The molecule has 0 rings (SSSR count). The SMILES string of the molecule is CCCOC(C=CCCCCC(OCC)OCC)OC(C=CCCCCC(OCC)OCC)OCCC. The standard InChI is InChI=1S/C30H58O7/c1-7-25-35-29(23-19-15-13-17-21-27(31-9-3)32-10-4)37-30(36-26-8-2)24-20-16-14-18-22-28(33-11-5)34-12-6/h19-20,23-24,27-30H,7-18,21-22,25-26H2,1-6H3. The molecular formula is C30H58O7. The van der Waals surface area contributed by atoms with Crippen LogP contribution in [0, 0.1) is 0 Å². The highest BCUT2D eigenvalue weighted by Crippen LogP contribution is 2.13. The summed E-state index contributed by atoms with van der Waals surface area (Å²) in [5.41, 5.74) is 0. The lowest BCUT2D eigenvalue weighted by Crippen LogP contribution is -2.25. The van der Waals surface area contributed by atoms with Crippen molar-refractivity contribution in [1.82, 2.24) is 0 Å². The smallest absolute Gasteiger partial charge is 0.180 e. The van der Waals surface area contributed by atoms with Crippen LogP contribution in [0.15, 0.2) is 24.3 Å². The van der Waals surface area contributed by atoms with E-state index in [1.807, 2.05) is 39.8 Å². The first-order valence-electron chi connectivity index (χ1n) is 14.8. The van der Waals surface area contributed by atoms with Gasteiger partial charge in [0.1, 0.15) is 0 Å². The molecule has 0 aliphatic carbocycles. The first-order valence-corrected chi connectivity index (χ1v) is 14.8. The van der Waals surface area contributed by atoms with E-state index in [2.05, 4.69) is 26.0 Å². The minimum absolute atomic E-state index is 0.0954. The molecule has 0 heterocycles. The normalized spacial score (nSPS) is 14.1. The fourth-order valence-corrected chi connectivity index (χ4v) is 3.61. The Labute approximate surface area is 228 Å². The Morgan fingerprint density at radius 3 is 1.19 bits per heavy atom. The van der Waals surface area contributed by atoms with Gasteiger partial charge in [-0.3, -0.25) is 0 Å². The van der Waals surface area contributed by atoms with E-state index < -0.39 is 12.6 Å². The molecule has 0 aliphatic heterocycles. The summed E-state index contributed by atoms with van der Waals surface area (Å²) in [6, 6.07) is 0. The van der Waals surface area contributed by atoms with Crippen molar-refractivity contribution in [3.8, 4) is 0 Å². The van der Waals surface area contributed by atoms with E-state index in [0.29, 0.717) is 39.6 Å². The van der Waals surface area contributed by atoms with Gasteiger partial charge in [-0.05, 0) is 104 Å². The number of ether oxygens (including phenoxy) is 7. The van der Waals surface area contributed by atoms with E-state index in [-0.39, 0.29) is 12.6 Å². The van der Waals surface area contributed by atoms with Gasteiger partial charge >= 0.3 is 0 Å². The molecule has 0 aromatic heterocycles. The third-order valence-electron chi connectivity index (χ3n) is 5.36. The molecule has 220 valence electrons. The predicted molar refractivity (Wildman–Crippen MR) is 150 cm³/mol. The van der Waals surface area contributed by atoms with Crippen molar-refractivity contribution in [3.63, 3.8) is 0 Å². The van der Waals surface area contributed by atoms with Gasteiger partial charge in [0.25, 0.3) is 0 Å². The Morgan fingerprint density at radius 2 is 0.865 bits per heavy atom. The largest absolute Gasteiger partial charge is 0.353 e. The van der Waals surface area contributed by atoms with Crippen LogP contribution in [-0.4, -0.2) is 64.8 Å². The van der Waals surface area contributed by atoms with Crippen LogP contribution in [0.3, 0.4) is 0 Å². The summed E-state index contributed by atoms with van der Waals surface area (Å²) < 4.78 is 40.5. The molecule has 0 N–H and O–H groups in total. The zero-order chi connectivity index (χ0) is 27.4. The lowest BCUT2D eigenvalue weighted by molar-refractivity contribution is -0.207. The minimum atomic E-state index is -0.427. The summed E-state index contributed by atoms with van der Waals surface area (Å²) in [4.78, 5) is 0. The lowest BCUT2D eigenvalue weighted by Gasteiger charge is -2.21. The average molecular weight is 531 g/mol. The van der Waals surface area contributed by atoms with Gasteiger partial charge in [-0.1, -0.05) is 26.0 Å². The maximum atomic E-state index is 6.17. The van der Waals surface area contributed by atoms with Crippen molar-refractivity contribution in [3.05, 3.63) is 24.3 Å². The van der Waals surface area contributed by atoms with Gasteiger partial charge in [-0.25, -0.2) is 0 Å². The highest BCUT2D eigenvalue weighted by molar-refractivity contribution is 4.89. The number of hydrogen-bond donors (Lipinski definition) is 0. The molecule has 0 saturated heterocycles. The molecule has 2 unspecified atom stereocenters. The average Bonchev–Trinajstić information content (AvgIpc) is 2.89. The van der Waals surface area contributed by atoms with Gasteiger partial charge in [-0.2, -0.15) is 0 Å². The molecule has 0 amide bonds. The molecule has 0 aromatic carbocycles. The Balaban J connectivity index is 4.61. The topological polar surface area (TPSA) is 64.6 Å². The molecule has 7 nitrogen and oxygen atoms in total. The van der Waals surface area contributed by atoms with Crippen LogP contribution in [0.2, 0.25) is 0 Å². The first-order chi connectivity index (χ1) is 18.1. The summed E-state index contributed by atoms with van der Waals surface area (Å²) >= 11 is 0. The molecule has 0 saturated carbocycles. The Hall–Kier alpha value is -0.800. The molecule has 0 spiro atoms. The van der Waals surface area contributed by atoms with Gasteiger partial charge in [0.2, 0.25) is 0 Å². The van der Waals surface area contributed by atoms with E-state index in [1.54, 1.807) is 0 Å². The summed E-state index contributed by atoms with van der Waals surface area (Å²) in [5, 5.41) is 0. The number of allylic oxidation sites excluding steroid dienone is 2. The molecule has 0 radical (unpaired) electrons. The second-order valence-electron chi connectivity index (χ2n) is 8.72. The van der Waals surface area contributed by atoms with Crippen molar-refractivity contribution < 1.29 is 33.2 Å². The lowest BCUT2D eigenvalue weighted by atomic mass is 10.2. The third-order valence-corrected chi connectivity index (χ3v) is 5.36. The van der Waals surface area contributed by atoms with Gasteiger partial charge in [0.15, 0.2) is 25.2 Å². The Bertz CT molecular complexity index is 456. The molecule has 0 fully saturated rings. The van der Waals surface area contributed by atoms with E-state index in [0.717, 1.165) is 64.2 Å². The molecule has 0 bridgehead atoms. The van der Waals surface area contributed by atoms with Gasteiger partial charge in [0.05, 0.1) is 0 Å². The summed E-state index contributed by atoms with van der Waals surface area (Å²) in [6.07, 6.45) is 17.1. The Morgan fingerprint density at radius 1 is 0.486 bits per heavy atom. The van der Waals surface area contributed by atoms with Crippen molar-refractivity contribution in [2.24, 2.45) is 0 Å². The summed E-state index contributed by atoms with van der Waals surface area (Å²) in [6.45, 7) is 16.2. The monoisotopic (exact) mass is 530 g/mol.